The molecule has 3 atom stereocenters. The van der Waals surface area contributed by atoms with Crippen LogP contribution in [-0.2, 0) is 21.3 Å². The molecule has 0 unspecified atom stereocenters. The Bertz CT molecular complexity index is 754. The smallest absolute Gasteiger partial charge is 0.457 e. The SMILES string of the molecule is O=C(OCOc1ccc2c(c1)[C@]13CCCC[C@@H]1[C@H](C2)NCC3)OC1CCCCCC1. The Hall–Kier alpha value is -1.75. The molecular weight excluding hydrogens is 378 g/mol. The number of piperidine rings is 1. The largest absolute Gasteiger partial charge is 0.511 e. The molecule has 1 N–H and O–H groups in total. The van der Waals surface area contributed by atoms with E-state index in [9.17, 15) is 4.79 Å². The summed E-state index contributed by atoms with van der Waals surface area (Å²) >= 11 is 0. The lowest BCUT2D eigenvalue weighted by Crippen LogP contribution is -2.59. The van der Waals surface area contributed by atoms with E-state index in [1.54, 1.807) is 0 Å². The van der Waals surface area contributed by atoms with Gasteiger partial charge in [0, 0.05) is 11.5 Å². The molecule has 5 nitrogen and oxygen atoms in total. The summed E-state index contributed by atoms with van der Waals surface area (Å²) in [6.45, 7) is 1.02. The van der Waals surface area contributed by atoms with Gasteiger partial charge in [-0.15, -0.1) is 0 Å². The number of hydrogen-bond donors (Lipinski definition) is 1. The van der Waals surface area contributed by atoms with Crippen LogP contribution in [0.1, 0.15) is 81.8 Å². The monoisotopic (exact) mass is 413 g/mol. The number of ether oxygens (including phenoxy) is 3. The second kappa shape index (κ2) is 8.78. The number of hydrogen-bond acceptors (Lipinski definition) is 5. The average molecular weight is 414 g/mol. The summed E-state index contributed by atoms with van der Waals surface area (Å²) in [5.41, 5.74) is 3.26. The zero-order valence-electron chi connectivity index (χ0n) is 18.0. The molecule has 1 saturated heterocycles. The minimum Gasteiger partial charge on any atom is -0.457 e. The van der Waals surface area contributed by atoms with Gasteiger partial charge in [0.05, 0.1) is 0 Å². The van der Waals surface area contributed by atoms with Gasteiger partial charge < -0.3 is 19.5 Å². The van der Waals surface area contributed by atoms with Gasteiger partial charge in [-0.3, -0.25) is 0 Å². The van der Waals surface area contributed by atoms with Crippen molar-refractivity contribution in [2.24, 2.45) is 5.92 Å². The van der Waals surface area contributed by atoms with Gasteiger partial charge >= 0.3 is 6.16 Å². The lowest BCUT2D eigenvalue weighted by molar-refractivity contribution is -0.0182. The van der Waals surface area contributed by atoms with E-state index in [0.717, 1.165) is 50.3 Å². The van der Waals surface area contributed by atoms with E-state index in [2.05, 4.69) is 17.4 Å². The third-order valence-electron chi connectivity index (χ3n) is 8.09. The summed E-state index contributed by atoms with van der Waals surface area (Å²) in [7, 11) is 0. The molecule has 0 spiro atoms. The molecule has 0 radical (unpaired) electrons. The summed E-state index contributed by atoms with van der Waals surface area (Å²) < 4.78 is 16.5. The van der Waals surface area contributed by atoms with Gasteiger partial charge in [-0.05, 0) is 87.1 Å². The van der Waals surface area contributed by atoms with Crippen LogP contribution in [0.5, 0.6) is 5.75 Å². The Labute approximate surface area is 179 Å². The molecule has 1 aliphatic heterocycles. The van der Waals surface area contributed by atoms with Gasteiger partial charge in [-0.1, -0.05) is 31.7 Å². The molecule has 5 rings (SSSR count). The molecule has 0 amide bonds. The maximum Gasteiger partial charge on any atom is 0.511 e. The number of benzene rings is 1. The third kappa shape index (κ3) is 3.93. The van der Waals surface area contributed by atoms with Crippen molar-refractivity contribution in [2.75, 3.05) is 13.3 Å². The molecule has 2 bridgehead atoms. The molecule has 30 heavy (non-hydrogen) atoms. The van der Waals surface area contributed by atoms with Crippen LogP contribution in [-0.4, -0.2) is 31.6 Å². The minimum atomic E-state index is -0.605. The van der Waals surface area contributed by atoms with Crippen LogP contribution in [0.15, 0.2) is 18.2 Å². The van der Waals surface area contributed by atoms with E-state index >= 15 is 0 Å². The fourth-order valence-electron chi connectivity index (χ4n) is 6.67. The van der Waals surface area contributed by atoms with Crippen LogP contribution in [0, 0.1) is 5.92 Å². The van der Waals surface area contributed by atoms with Gasteiger partial charge in [-0.25, -0.2) is 4.79 Å². The Morgan fingerprint density at radius 1 is 1.03 bits per heavy atom. The van der Waals surface area contributed by atoms with Gasteiger partial charge in [-0.2, -0.15) is 0 Å². The minimum absolute atomic E-state index is 0.000985. The lowest BCUT2D eigenvalue weighted by Gasteiger charge is -2.56. The summed E-state index contributed by atoms with van der Waals surface area (Å²) in [6, 6.07) is 7.10. The molecule has 1 aromatic carbocycles. The average Bonchev–Trinajstić information content (AvgIpc) is 3.03. The van der Waals surface area contributed by atoms with Gasteiger partial charge in [0.25, 0.3) is 0 Å². The van der Waals surface area contributed by atoms with Crippen molar-refractivity contribution in [3.63, 3.8) is 0 Å². The molecule has 2 saturated carbocycles. The molecule has 3 fully saturated rings. The molecular formula is C25H35NO4. The van der Waals surface area contributed by atoms with Crippen molar-refractivity contribution in [2.45, 2.75) is 94.6 Å². The van der Waals surface area contributed by atoms with Crippen molar-refractivity contribution in [3.8, 4) is 5.75 Å². The Morgan fingerprint density at radius 3 is 2.73 bits per heavy atom. The highest BCUT2D eigenvalue weighted by Crippen LogP contribution is 2.54. The van der Waals surface area contributed by atoms with E-state index in [1.807, 2.05) is 6.07 Å². The predicted molar refractivity (Wildman–Crippen MR) is 115 cm³/mol. The predicted octanol–water partition coefficient (Wildman–Crippen LogP) is 5.24. The van der Waals surface area contributed by atoms with E-state index in [1.165, 1.54) is 56.1 Å². The maximum atomic E-state index is 12.0. The first-order valence-corrected chi connectivity index (χ1v) is 12.1. The van der Waals surface area contributed by atoms with E-state index in [-0.39, 0.29) is 12.9 Å². The summed E-state index contributed by atoms with van der Waals surface area (Å²) in [5, 5.41) is 3.78. The summed E-state index contributed by atoms with van der Waals surface area (Å²) in [5.74, 6) is 1.54. The van der Waals surface area contributed by atoms with E-state index in [4.69, 9.17) is 14.2 Å². The van der Waals surface area contributed by atoms with Crippen molar-refractivity contribution in [3.05, 3.63) is 29.3 Å². The lowest BCUT2D eigenvalue weighted by atomic mass is 9.53. The Morgan fingerprint density at radius 2 is 1.87 bits per heavy atom. The van der Waals surface area contributed by atoms with Gasteiger partial charge in [0.15, 0.2) is 0 Å². The van der Waals surface area contributed by atoms with Crippen molar-refractivity contribution in [1.29, 1.82) is 0 Å². The van der Waals surface area contributed by atoms with Crippen molar-refractivity contribution in [1.82, 2.24) is 5.32 Å². The molecule has 3 aliphatic carbocycles. The molecule has 5 heteroatoms. The van der Waals surface area contributed by atoms with E-state index in [0.29, 0.717) is 11.5 Å². The zero-order chi connectivity index (χ0) is 20.4. The zero-order valence-corrected chi connectivity index (χ0v) is 18.0. The number of carbonyl (C=O) groups is 1. The van der Waals surface area contributed by atoms with E-state index < -0.39 is 6.16 Å². The second-order valence-electron chi connectivity index (χ2n) is 9.73. The molecule has 1 heterocycles. The summed E-state index contributed by atoms with van der Waals surface area (Å²) in [6.07, 6.45) is 13.6. The fourth-order valence-corrected chi connectivity index (χ4v) is 6.67. The quantitative estimate of drug-likeness (QED) is 0.415. The first-order chi connectivity index (χ1) is 14.7. The molecule has 164 valence electrons. The topological polar surface area (TPSA) is 56.8 Å². The van der Waals surface area contributed by atoms with Crippen molar-refractivity contribution < 1.29 is 19.0 Å². The Kier molecular flexibility index (Phi) is 5.90. The fraction of sp³-hybridized carbons (Fsp3) is 0.720. The number of carbonyl (C=O) groups excluding carboxylic acids is 1. The standard InChI is InChI=1S/C25H35NO4/c27-24(30-19-7-3-1-2-4-8-19)29-17-28-20-11-10-18-15-23-21-9-5-6-12-25(21,13-14-26-23)22(18)16-20/h10-11,16,19,21,23,26H,1-9,12-15,17H2/t21-,23+,25+/m1/s1. The highest BCUT2D eigenvalue weighted by Gasteiger charge is 2.51. The van der Waals surface area contributed by atoms with Crippen LogP contribution >= 0.6 is 0 Å². The number of rotatable bonds is 4. The molecule has 1 aromatic rings. The second-order valence-corrected chi connectivity index (χ2v) is 9.73. The van der Waals surface area contributed by atoms with Crippen LogP contribution in [0.25, 0.3) is 0 Å². The molecule has 4 aliphatic rings. The highest BCUT2D eigenvalue weighted by molar-refractivity contribution is 5.60. The Balaban J connectivity index is 1.21. The van der Waals surface area contributed by atoms with Gasteiger partial charge in [0.2, 0.25) is 6.79 Å². The number of fused-ring (bicyclic) bond motifs is 1. The van der Waals surface area contributed by atoms with Crippen LogP contribution < -0.4 is 10.1 Å². The third-order valence-corrected chi connectivity index (χ3v) is 8.09. The highest BCUT2D eigenvalue weighted by atomic mass is 16.8. The van der Waals surface area contributed by atoms with Crippen LogP contribution in [0.3, 0.4) is 0 Å². The number of nitrogens with one attached hydrogen (secondary N) is 1. The first kappa shape index (κ1) is 20.2. The molecule has 0 aromatic heterocycles. The maximum absolute atomic E-state index is 12.0. The normalized spacial score (nSPS) is 31.1. The summed E-state index contributed by atoms with van der Waals surface area (Å²) in [4.78, 5) is 12.0. The van der Waals surface area contributed by atoms with Crippen molar-refractivity contribution >= 4 is 6.16 Å². The van der Waals surface area contributed by atoms with Crippen LogP contribution in [0.4, 0.5) is 4.79 Å². The van der Waals surface area contributed by atoms with Gasteiger partial charge in [0.1, 0.15) is 11.9 Å². The first-order valence-electron chi connectivity index (χ1n) is 12.1. The van der Waals surface area contributed by atoms with Crippen LogP contribution in [0.2, 0.25) is 0 Å².